The lowest BCUT2D eigenvalue weighted by Crippen LogP contribution is -2.60. The molecule has 60 heavy (non-hydrogen) atoms. The number of piperidine rings is 2. The van der Waals surface area contributed by atoms with E-state index in [0.717, 1.165) is 38.8 Å². The van der Waals surface area contributed by atoms with Gasteiger partial charge in [-0.2, -0.15) is 15.2 Å². The van der Waals surface area contributed by atoms with Crippen LogP contribution in [0.1, 0.15) is 63.9 Å². The van der Waals surface area contributed by atoms with Crippen molar-refractivity contribution in [2.45, 2.75) is 87.6 Å². The van der Waals surface area contributed by atoms with Crippen molar-refractivity contribution in [1.29, 1.82) is 5.26 Å². The number of nitriles is 1. The fourth-order valence-electron chi connectivity index (χ4n) is 10.1. The number of fused-ring (bicyclic) bond motifs is 7. The van der Waals surface area contributed by atoms with E-state index in [1.807, 2.05) is 0 Å². The van der Waals surface area contributed by atoms with Crippen LogP contribution in [0.2, 0.25) is 0 Å². The molecule has 6 aliphatic rings. The summed E-state index contributed by atoms with van der Waals surface area (Å²) in [5, 5.41) is 13.6. The van der Waals surface area contributed by atoms with E-state index in [1.54, 1.807) is 17.9 Å². The standard InChI is InChI=1S/C43H47F3N8O6/c1-41-19-27(44)21-53(23-41)37-31-20-48-35(34(46)36(31)49-38(50-37)59-25-42-10-4-14-54(42)15-5-11-42)30-18-28(60-40(56)52-13-6-12-43(22-47,24-52)57-2)17-26-8-9-32(45)29(33(26)30)7-3-16-58-39(55)51-41/h8-9,17-18,20,27H,3-7,10-16,19,21,23-25H2,1-2H3,(H,51,55). The second kappa shape index (κ2) is 15.5. The summed E-state index contributed by atoms with van der Waals surface area (Å²) < 4.78 is 72.6. The zero-order valence-electron chi connectivity index (χ0n) is 33.7. The molecule has 3 unspecified atom stereocenters. The minimum atomic E-state index is -1.39. The molecule has 4 aromatic rings. The number of halogens is 3. The summed E-state index contributed by atoms with van der Waals surface area (Å²) >= 11 is 0. The number of nitrogens with one attached hydrogen (secondary N) is 1. The highest BCUT2D eigenvalue weighted by atomic mass is 19.1. The van der Waals surface area contributed by atoms with Gasteiger partial charge in [0.25, 0.3) is 0 Å². The predicted octanol–water partition coefficient (Wildman–Crippen LogP) is 6.61. The number of carbonyl (C=O) groups excluding carboxylic acids is 2. The summed E-state index contributed by atoms with van der Waals surface area (Å²) in [5.74, 6) is -1.23. The molecule has 6 bridgehead atoms. The number of benzene rings is 2. The number of hydrogen-bond donors (Lipinski definition) is 1. The van der Waals surface area contributed by atoms with Gasteiger partial charge < -0.3 is 34.1 Å². The molecule has 14 nitrogen and oxygen atoms in total. The van der Waals surface area contributed by atoms with Crippen LogP contribution in [-0.4, -0.2) is 119 Å². The molecule has 3 atom stereocenters. The summed E-state index contributed by atoms with van der Waals surface area (Å²) in [6.07, 6.45) is 3.72. The van der Waals surface area contributed by atoms with Crippen molar-refractivity contribution in [3.05, 3.63) is 47.7 Å². The van der Waals surface area contributed by atoms with Gasteiger partial charge in [-0.1, -0.05) is 6.07 Å². The Morgan fingerprint density at radius 1 is 1.08 bits per heavy atom. The number of alkyl halides is 1. The van der Waals surface area contributed by atoms with Gasteiger partial charge in [0, 0.05) is 38.4 Å². The first-order chi connectivity index (χ1) is 28.9. The molecule has 0 saturated carbocycles. The number of likely N-dealkylation sites (tertiary alicyclic amines) is 1. The zero-order valence-corrected chi connectivity index (χ0v) is 33.7. The lowest BCUT2D eigenvalue weighted by atomic mass is 9.90. The van der Waals surface area contributed by atoms with E-state index >= 15 is 13.2 Å². The smallest absolute Gasteiger partial charge is 0.415 e. The number of hydrogen-bond acceptors (Lipinski definition) is 12. The molecule has 0 spiro atoms. The maximum atomic E-state index is 17.6. The monoisotopic (exact) mass is 828 g/mol. The fraction of sp³-hybridized carbons (Fsp3) is 0.535. The number of ether oxygens (including phenoxy) is 4. The van der Waals surface area contributed by atoms with E-state index in [-0.39, 0.29) is 103 Å². The fourth-order valence-corrected chi connectivity index (χ4v) is 10.1. The van der Waals surface area contributed by atoms with Gasteiger partial charge in [0.15, 0.2) is 11.4 Å². The molecule has 6 aliphatic heterocycles. The molecular formula is C43H47F3N8O6. The molecule has 10 rings (SSSR count). The predicted molar refractivity (Wildman–Crippen MR) is 214 cm³/mol. The van der Waals surface area contributed by atoms with Crippen LogP contribution in [0.25, 0.3) is 32.9 Å². The largest absolute Gasteiger partial charge is 0.461 e. The number of methoxy groups -OCH3 is 1. The highest BCUT2D eigenvalue weighted by Crippen LogP contribution is 2.42. The Kier molecular flexibility index (Phi) is 10.3. The van der Waals surface area contributed by atoms with Crippen LogP contribution >= 0.6 is 0 Å². The van der Waals surface area contributed by atoms with Gasteiger partial charge in [0.2, 0.25) is 0 Å². The van der Waals surface area contributed by atoms with Crippen molar-refractivity contribution < 1.29 is 41.7 Å². The van der Waals surface area contributed by atoms with Gasteiger partial charge in [-0.25, -0.2) is 22.8 Å². The Labute approximate surface area is 344 Å². The van der Waals surface area contributed by atoms with Crippen LogP contribution in [0.4, 0.5) is 28.6 Å². The van der Waals surface area contributed by atoms with Gasteiger partial charge >= 0.3 is 18.2 Å². The molecule has 8 heterocycles. The summed E-state index contributed by atoms with van der Waals surface area (Å²) in [4.78, 5) is 46.3. The SMILES string of the molecule is COC1(C#N)CCCN(C(=O)Oc2cc3c4c(c(F)ccc4c2)CCCOC(=O)NC2(C)CC(F)CN(C2)c2nc(OCC45CCCN4CCC5)nc4c(F)c-3ncc24)C1. The molecule has 0 aliphatic carbocycles. The highest BCUT2D eigenvalue weighted by Gasteiger charge is 2.45. The van der Waals surface area contributed by atoms with Crippen molar-refractivity contribution in [3.8, 4) is 29.1 Å². The molecule has 4 fully saturated rings. The Bertz CT molecular complexity index is 2410. The van der Waals surface area contributed by atoms with Crippen LogP contribution in [0.3, 0.4) is 0 Å². The molecule has 17 heteroatoms. The number of rotatable bonds is 5. The van der Waals surface area contributed by atoms with Crippen molar-refractivity contribution in [2.24, 2.45) is 0 Å². The average molecular weight is 829 g/mol. The molecule has 2 aromatic heterocycles. The third kappa shape index (κ3) is 7.27. The van der Waals surface area contributed by atoms with Crippen molar-refractivity contribution >= 4 is 39.7 Å². The summed E-state index contributed by atoms with van der Waals surface area (Å²) in [7, 11) is 1.42. The first-order valence-corrected chi connectivity index (χ1v) is 20.7. The number of anilines is 1. The van der Waals surface area contributed by atoms with Gasteiger partial charge in [-0.15, -0.1) is 0 Å². The Hall–Kier alpha value is -5.47. The van der Waals surface area contributed by atoms with E-state index in [1.165, 1.54) is 36.4 Å². The molecular weight excluding hydrogens is 782 g/mol. The number of pyridine rings is 1. The second-order valence-corrected chi connectivity index (χ2v) is 17.1. The maximum Gasteiger partial charge on any atom is 0.415 e. The van der Waals surface area contributed by atoms with E-state index in [4.69, 9.17) is 23.9 Å². The number of aromatic nitrogens is 3. The lowest BCUT2D eigenvalue weighted by Gasteiger charge is -2.42. The van der Waals surface area contributed by atoms with Gasteiger partial charge in [-0.05, 0) is 106 Å². The summed E-state index contributed by atoms with van der Waals surface area (Å²) in [6, 6.07) is 7.85. The normalized spacial score (nSPS) is 25.5. The minimum absolute atomic E-state index is 0.00114. The average Bonchev–Trinajstić information content (AvgIpc) is 3.82. The Morgan fingerprint density at radius 3 is 2.67 bits per heavy atom. The van der Waals surface area contributed by atoms with Gasteiger partial charge in [0.05, 0.1) is 42.2 Å². The lowest BCUT2D eigenvalue weighted by molar-refractivity contribution is -0.0165. The quantitative estimate of drug-likeness (QED) is 0.230. The van der Waals surface area contributed by atoms with E-state index < -0.39 is 41.1 Å². The molecule has 316 valence electrons. The van der Waals surface area contributed by atoms with Crippen molar-refractivity contribution in [3.63, 3.8) is 0 Å². The Morgan fingerprint density at radius 2 is 1.88 bits per heavy atom. The summed E-state index contributed by atoms with van der Waals surface area (Å²) in [6.45, 7) is 4.17. The van der Waals surface area contributed by atoms with Crippen LogP contribution < -0.4 is 19.7 Å². The molecule has 4 saturated heterocycles. The van der Waals surface area contributed by atoms with Crippen LogP contribution in [-0.2, 0) is 15.9 Å². The van der Waals surface area contributed by atoms with Gasteiger partial charge in [0.1, 0.15) is 41.4 Å². The van der Waals surface area contributed by atoms with Crippen molar-refractivity contribution in [2.75, 3.05) is 64.5 Å². The van der Waals surface area contributed by atoms with Crippen LogP contribution in [0.5, 0.6) is 11.8 Å². The third-order valence-corrected chi connectivity index (χ3v) is 13.0. The zero-order chi connectivity index (χ0) is 41.8. The number of alkyl carbamates (subject to hydrolysis) is 1. The number of carbonyl (C=O) groups is 2. The Balaban J connectivity index is 1.20. The van der Waals surface area contributed by atoms with E-state index in [9.17, 15) is 14.9 Å². The maximum absolute atomic E-state index is 17.6. The first-order valence-electron chi connectivity index (χ1n) is 20.7. The molecule has 1 N–H and O–H groups in total. The molecule has 2 amide bonds. The van der Waals surface area contributed by atoms with Gasteiger partial charge in [-0.3, -0.25) is 9.88 Å². The topological polar surface area (TPSA) is 155 Å². The second-order valence-electron chi connectivity index (χ2n) is 17.1. The number of aryl methyl sites for hydroxylation is 1. The molecule has 0 radical (unpaired) electrons. The van der Waals surface area contributed by atoms with Crippen molar-refractivity contribution in [1.82, 2.24) is 30.1 Å². The number of nitrogens with zero attached hydrogens (tertiary/aromatic N) is 7. The first kappa shape index (κ1) is 40.0. The van der Waals surface area contributed by atoms with E-state index in [2.05, 4.69) is 26.3 Å². The molecule has 2 aromatic carbocycles. The third-order valence-electron chi connectivity index (χ3n) is 13.0. The van der Waals surface area contributed by atoms with Crippen LogP contribution in [0, 0.1) is 23.0 Å². The van der Waals surface area contributed by atoms with E-state index in [0.29, 0.717) is 30.2 Å². The number of amides is 2. The highest BCUT2D eigenvalue weighted by molar-refractivity contribution is 6.02. The minimum Gasteiger partial charge on any atom is -0.461 e. The van der Waals surface area contributed by atoms with Crippen LogP contribution in [0.15, 0.2) is 30.5 Å². The summed E-state index contributed by atoms with van der Waals surface area (Å²) in [5.41, 5.74) is -2.49.